The molecular formula is C21H22O4. The summed E-state index contributed by atoms with van der Waals surface area (Å²) in [6.07, 6.45) is 2.05. The van der Waals surface area contributed by atoms with Gasteiger partial charge >= 0.3 is 5.97 Å². The minimum Gasteiger partial charge on any atom is -0.447 e. The van der Waals surface area contributed by atoms with Crippen molar-refractivity contribution in [3.63, 3.8) is 0 Å². The fourth-order valence-corrected chi connectivity index (χ4v) is 2.87. The Morgan fingerprint density at radius 3 is 2.16 bits per heavy atom. The summed E-state index contributed by atoms with van der Waals surface area (Å²) in [4.78, 5) is 25.1. The molecule has 0 amide bonds. The number of carbonyl (C=O) groups excluding carboxylic acids is 2. The van der Waals surface area contributed by atoms with Crippen molar-refractivity contribution in [2.75, 3.05) is 6.61 Å². The molecule has 0 aliphatic heterocycles. The summed E-state index contributed by atoms with van der Waals surface area (Å²) in [6, 6.07) is 17.9. The quantitative estimate of drug-likeness (QED) is 0.563. The Morgan fingerprint density at radius 2 is 1.60 bits per heavy atom. The van der Waals surface area contributed by atoms with Gasteiger partial charge in [-0.25, -0.2) is 4.79 Å². The second-order valence-corrected chi connectivity index (χ2v) is 6.60. The van der Waals surface area contributed by atoms with Gasteiger partial charge < -0.3 is 9.47 Å². The average Bonchev–Trinajstić information content (AvgIpc) is 2.64. The highest BCUT2D eigenvalue weighted by atomic mass is 16.6. The van der Waals surface area contributed by atoms with Crippen LogP contribution in [0.3, 0.4) is 0 Å². The lowest BCUT2D eigenvalue weighted by atomic mass is 9.82. The summed E-state index contributed by atoms with van der Waals surface area (Å²) in [5.74, 6) is -0.763. The number of hydrogen-bond donors (Lipinski definition) is 0. The number of carbonyl (C=O) groups is 2. The van der Waals surface area contributed by atoms with Crippen molar-refractivity contribution in [1.82, 2.24) is 0 Å². The Labute approximate surface area is 147 Å². The maximum Gasteiger partial charge on any atom is 0.333 e. The molecule has 4 heteroatoms. The number of ketones is 1. The van der Waals surface area contributed by atoms with Gasteiger partial charge in [0.2, 0.25) is 5.78 Å². The van der Waals surface area contributed by atoms with Gasteiger partial charge in [0.05, 0.1) is 5.60 Å². The van der Waals surface area contributed by atoms with E-state index in [2.05, 4.69) is 0 Å². The molecule has 0 aromatic heterocycles. The van der Waals surface area contributed by atoms with E-state index >= 15 is 0 Å². The fraction of sp³-hybridized carbons (Fsp3) is 0.333. The maximum absolute atomic E-state index is 12.8. The molecular weight excluding hydrogens is 316 g/mol. The van der Waals surface area contributed by atoms with Gasteiger partial charge in [-0.2, -0.15) is 0 Å². The molecule has 1 unspecified atom stereocenters. The Balaban J connectivity index is 1.72. The molecule has 2 aromatic carbocycles. The highest BCUT2D eigenvalue weighted by molar-refractivity contribution is 6.01. The second kappa shape index (κ2) is 7.62. The van der Waals surface area contributed by atoms with E-state index in [4.69, 9.17) is 9.47 Å². The summed E-state index contributed by atoms with van der Waals surface area (Å²) in [5.41, 5.74) is 0.931. The van der Waals surface area contributed by atoms with Gasteiger partial charge in [-0.3, -0.25) is 4.79 Å². The van der Waals surface area contributed by atoms with Crippen LogP contribution in [0.2, 0.25) is 0 Å². The third kappa shape index (κ3) is 4.34. The molecule has 0 N–H and O–H groups in total. The molecule has 0 radical (unpaired) electrons. The minimum absolute atomic E-state index is 0.137. The van der Waals surface area contributed by atoms with Crippen molar-refractivity contribution in [2.24, 2.45) is 0 Å². The second-order valence-electron chi connectivity index (χ2n) is 6.60. The van der Waals surface area contributed by atoms with Crippen LogP contribution in [0.4, 0.5) is 0 Å². The van der Waals surface area contributed by atoms with Gasteiger partial charge in [0.25, 0.3) is 0 Å². The third-order valence-electron chi connectivity index (χ3n) is 4.60. The number of hydrogen-bond acceptors (Lipinski definition) is 4. The highest BCUT2D eigenvalue weighted by Crippen LogP contribution is 2.34. The van der Waals surface area contributed by atoms with E-state index in [1.807, 2.05) is 31.2 Å². The fourth-order valence-electron chi connectivity index (χ4n) is 2.87. The van der Waals surface area contributed by atoms with E-state index < -0.39 is 12.1 Å². The van der Waals surface area contributed by atoms with Crippen molar-refractivity contribution in [3.05, 3.63) is 71.8 Å². The van der Waals surface area contributed by atoms with E-state index in [1.165, 1.54) is 0 Å². The predicted molar refractivity (Wildman–Crippen MR) is 94.3 cm³/mol. The van der Waals surface area contributed by atoms with Crippen molar-refractivity contribution in [3.8, 4) is 0 Å². The molecule has 0 bridgehead atoms. The average molecular weight is 338 g/mol. The lowest BCUT2D eigenvalue weighted by Crippen LogP contribution is -2.38. The van der Waals surface area contributed by atoms with E-state index in [1.54, 1.807) is 36.4 Å². The molecule has 0 spiro atoms. The molecule has 2 aromatic rings. The zero-order valence-electron chi connectivity index (χ0n) is 14.3. The van der Waals surface area contributed by atoms with E-state index in [0.29, 0.717) is 11.1 Å². The number of rotatable bonds is 7. The summed E-state index contributed by atoms with van der Waals surface area (Å²) >= 11 is 0. The first-order valence-corrected chi connectivity index (χ1v) is 8.55. The first-order chi connectivity index (χ1) is 12.1. The highest BCUT2D eigenvalue weighted by Gasteiger charge is 2.34. The molecule has 1 aliphatic carbocycles. The molecule has 4 nitrogen and oxygen atoms in total. The molecule has 1 aliphatic rings. The molecule has 1 fully saturated rings. The number of esters is 1. The van der Waals surface area contributed by atoms with E-state index in [-0.39, 0.29) is 18.0 Å². The predicted octanol–water partition coefficient (Wildman–Crippen LogP) is 4.11. The van der Waals surface area contributed by atoms with Crippen LogP contribution in [-0.2, 0) is 14.3 Å². The monoisotopic (exact) mass is 338 g/mol. The van der Waals surface area contributed by atoms with Crippen molar-refractivity contribution >= 4 is 11.8 Å². The Morgan fingerprint density at radius 1 is 1.00 bits per heavy atom. The largest absolute Gasteiger partial charge is 0.447 e. The van der Waals surface area contributed by atoms with Crippen molar-refractivity contribution in [1.29, 1.82) is 0 Å². The molecule has 130 valence electrons. The Kier molecular flexibility index (Phi) is 5.29. The standard InChI is InChI=1S/C21H22O4/c1-21(13-8-14-21)24-15-18(22)25-20(17-11-6-3-7-12-17)19(23)16-9-4-2-5-10-16/h2-7,9-12,20H,8,13-15H2,1H3. The van der Waals surface area contributed by atoms with Crippen LogP contribution in [-0.4, -0.2) is 24.0 Å². The normalized spacial score (nSPS) is 16.5. The number of Topliss-reactive ketones (excluding diaryl/α,β-unsaturated/α-hetero) is 1. The van der Waals surface area contributed by atoms with Gasteiger partial charge in [0, 0.05) is 11.1 Å². The summed E-state index contributed by atoms with van der Waals surface area (Å²) in [7, 11) is 0. The summed E-state index contributed by atoms with van der Waals surface area (Å²) in [6.45, 7) is 1.86. The zero-order chi connectivity index (χ0) is 17.7. The number of ether oxygens (including phenoxy) is 2. The van der Waals surface area contributed by atoms with E-state index in [0.717, 1.165) is 19.3 Å². The van der Waals surface area contributed by atoms with Crippen LogP contribution < -0.4 is 0 Å². The van der Waals surface area contributed by atoms with E-state index in [9.17, 15) is 9.59 Å². The SMILES string of the molecule is CC1(OCC(=O)OC(C(=O)c2ccccc2)c2ccccc2)CCC1. The molecule has 3 rings (SSSR count). The van der Waals surface area contributed by atoms with Gasteiger partial charge in [-0.05, 0) is 26.2 Å². The van der Waals surface area contributed by atoms with Crippen molar-refractivity contribution < 1.29 is 19.1 Å². The van der Waals surface area contributed by atoms with Crippen LogP contribution in [0.5, 0.6) is 0 Å². The third-order valence-corrected chi connectivity index (χ3v) is 4.60. The molecule has 0 heterocycles. The topological polar surface area (TPSA) is 52.6 Å². The smallest absolute Gasteiger partial charge is 0.333 e. The molecule has 0 saturated heterocycles. The molecule has 1 atom stereocenters. The minimum atomic E-state index is -0.964. The molecule has 1 saturated carbocycles. The lowest BCUT2D eigenvalue weighted by molar-refractivity contribution is -0.164. The molecule has 25 heavy (non-hydrogen) atoms. The van der Waals surface area contributed by atoms with Crippen LogP contribution in [0.15, 0.2) is 60.7 Å². The van der Waals surface area contributed by atoms with Crippen molar-refractivity contribution in [2.45, 2.75) is 37.9 Å². The first kappa shape index (κ1) is 17.4. The van der Waals surface area contributed by atoms with Gasteiger partial charge in [0.15, 0.2) is 6.10 Å². The zero-order valence-corrected chi connectivity index (χ0v) is 14.3. The van der Waals surface area contributed by atoms with Gasteiger partial charge in [-0.1, -0.05) is 60.7 Å². The van der Waals surface area contributed by atoms with Gasteiger partial charge in [-0.15, -0.1) is 0 Å². The van der Waals surface area contributed by atoms with Crippen LogP contribution in [0.25, 0.3) is 0 Å². The Hall–Kier alpha value is -2.46. The Bertz CT molecular complexity index is 720. The van der Waals surface area contributed by atoms with Crippen LogP contribution >= 0.6 is 0 Å². The van der Waals surface area contributed by atoms with Crippen LogP contribution in [0, 0.1) is 0 Å². The number of benzene rings is 2. The maximum atomic E-state index is 12.8. The lowest BCUT2D eigenvalue weighted by Gasteiger charge is -2.37. The van der Waals surface area contributed by atoms with Crippen LogP contribution in [0.1, 0.15) is 48.2 Å². The summed E-state index contributed by atoms with van der Waals surface area (Å²) < 4.78 is 11.2. The van der Waals surface area contributed by atoms with Gasteiger partial charge in [0.1, 0.15) is 6.61 Å². The first-order valence-electron chi connectivity index (χ1n) is 8.55. The summed E-state index contributed by atoms with van der Waals surface area (Å²) in [5, 5.41) is 0.